The van der Waals surface area contributed by atoms with E-state index < -0.39 is 29.7 Å². The molecule has 49 heteroatoms. The predicted octanol–water partition coefficient (Wildman–Crippen LogP) is 13.9. The van der Waals surface area contributed by atoms with Crippen LogP contribution in [0.3, 0.4) is 0 Å². The van der Waals surface area contributed by atoms with Gasteiger partial charge in [-0.15, -0.1) is 0 Å². The number of thiazole rings is 4. The van der Waals surface area contributed by atoms with Crippen molar-refractivity contribution in [3.63, 3.8) is 0 Å². The molecular formula is C101H112FN31O13S4. The van der Waals surface area contributed by atoms with Gasteiger partial charge in [0.15, 0.2) is 72.9 Å². The highest BCUT2D eigenvalue weighted by molar-refractivity contribution is 7.24. The molecule has 0 bridgehead atoms. The molecule has 4 aliphatic rings. The number of piperazine rings is 1. The molecule has 4 atom stereocenters. The maximum Gasteiger partial charge on any atom is 0.321 e. The number of amides is 8. The average Bonchev–Trinajstić information content (AvgIpc) is 1.59. The van der Waals surface area contributed by atoms with Crippen molar-refractivity contribution >= 4 is 148 Å². The molecule has 4 saturated heterocycles. The van der Waals surface area contributed by atoms with E-state index in [4.69, 9.17) is 33.9 Å². The van der Waals surface area contributed by atoms with E-state index in [0.717, 1.165) is 145 Å². The van der Waals surface area contributed by atoms with Crippen LogP contribution in [0.1, 0.15) is 117 Å². The number of ether oxygens (including phenoxy) is 4. The smallest absolute Gasteiger partial charge is 0.321 e. The molecular weight excluding hydrogens is 2000 g/mol. The Morgan fingerprint density at radius 3 is 1.24 bits per heavy atom. The first-order valence-electron chi connectivity index (χ1n) is 48.7. The summed E-state index contributed by atoms with van der Waals surface area (Å²) < 4.78 is 40.3. The quantitative estimate of drug-likeness (QED) is 0.0207. The number of hydrogen-bond donors (Lipinski definition) is 13. The number of nitrogens with one attached hydrogen (secondary N) is 8. The summed E-state index contributed by atoms with van der Waals surface area (Å²) in [5.74, 6) is 4.73. The molecule has 0 radical (unpaired) electrons. The molecule has 44 nitrogen and oxygen atoms in total. The van der Waals surface area contributed by atoms with Crippen LogP contribution in [-0.4, -0.2) is 287 Å². The third-order valence-electron chi connectivity index (χ3n) is 23.9. The summed E-state index contributed by atoms with van der Waals surface area (Å²) in [4.78, 5) is 142. The molecule has 8 amide bonds. The zero-order valence-electron chi connectivity index (χ0n) is 83.7. The summed E-state index contributed by atoms with van der Waals surface area (Å²) in [5.41, 5.74) is 11.4. The van der Waals surface area contributed by atoms with Crippen molar-refractivity contribution < 1.29 is 68.0 Å². The lowest BCUT2D eigenvalue weighted by Crippen LogP contribution is -2.51. The van der Waals surface area contributed by atoms with Crippen LogP contribution in [0.2, 0.25) is 0 Å². The number of urea groups is 4. The van der Waals surface area contributed by atoms with Gasteiger partial charge in [-0.05, 0) is 164 Å². The summed E-state index contributed by atoms with van der Waals surface area (Å²) in [7, 11) is 1.73. The molecule has 4 aliphatic heterocycles. The first kappa shape index (κ1) is 106. The van der Waals surface area contributed by atoms with Crippen molar-refractivity contribution in [2.45, 2.75) is 111 Å². The molecule has 12 aromatic heterocycles. The number of methoxy groups -OCH3 is 1. The van der Waals surface area contributed by atoms with Gasteiger partial charge in [0.05, 0.1) is 84.8 Å². The number of aliphatic hydroxyl groups is 5. The van der Waals surface area contributed by atoms with Crippen LogP contribution < -0.4 is 62.0 Å². The molecule has 4 aromatic carbocycles. The van der Waals surface area contributed by atoms with E-state index in [1.165, 1.54) is 51.5 Å². The number of anilines is 7. The molecule has 0 aliphatic carbocycles. The third-order valence-corrected chi connectivity index (χ3v) is 27.9. The fraction of sp³-hybridized carbons (Fsp3) is 0.356. The lowest BCUT2D eigenvalue weighted by Gasteiger charge is -2.36. The Bertz CT molecular complexity index is 7410. The topological polar surface area (TPSA) is 560 Å². The van der Waals surface area contributed by atoms with Crippen LogP contribution in [0.5, 0.6) is 5.75 Å². The molecule has 20 rings (SSSR count). The number of carbonyl (C=O) groups is 4. The number of pyridine rings is 1. The van der Waals surface area contributed by atoms with E-state index in [1.807, 2.05) is 110 Å². The minimum atomic E-state index is -1.15. The molecule has 13 N–H and O–H groups in total. The van der Waals surface area contributed by atoms with E-state index in [-0.39, 0.29) is 42.2 Å². The Labute approximate surface area is 876 Å². The number of aromatic nitrogens is 19. The van der Waals surface area contributed by atoms with Gasteiger partial charge in [0, 0.05) is 218 Å². The van der Waals surface area contributed by atoms with Crippen molar-refractivity contribution in [1.29, 1.82) is 0 Å². The highest BCUT2D eigenvalue weighted by Crippen LogP contribution is 2.45. The summed E-state index contributed by atoms with van der Waals surface area (Å²) >= 11 is 5.36. The van der Waals surface area contributed by atoms with Gasteiger partial charge in [0.25, 0.3) is 0 Å². The molecule has 16 heterocycles. The number of fused-ring (bicyclic) bond motifs is 4. The van der Waals surface area contributed by atoms with E-state index in [9.17, 15) is 49.1 Å². The van der Waals surface area contributed by atoms with Gasteiger partial charge >= 0.3 is 24.1 Å². The minimum Gasteiger partial charge on any atom is -0.491 e. The van der Waals surface area contributed by atoms with Crippen molar-refractivity contribution in [2.75, 3.05) is 161 Å². The fourth-order valence-corrected chi connectivity index (χ4v) is 20.1. The minimum absolute atomic E-state index is 0.112. The highest BCUT2D eigenvalue weighted by atomic mass is 32.1. The molecule has 4 unspecified atom stereocenters. The largest absolute Gasteiger partial charge is 0.491 e. The SMILES string of the molecule is CCNC(=O)Nc1nc2cc(-c3cnc(C(C)(C)O)nc3)cc(-c3nccc(N4CCN(CCOC)CC4)n3)c2s1.CCNC(=O)Nc1nc2cc(-c3cnc(C(C)O)nc3)cc(-c3cc(OCC4CCCO4)ccn3)c2s1.CCNC(=O)Nc1nc2cc(-c3cnc(C(C)O)nc3)cc(-c3ncc(F)c(N4CCOCC4)n3)c2s1.CCNC(=O)Nc1nc2cc(-c3cnc(C(C)O)nc3)cc(-c3nccc(N4CC(O)C4)n3)c2s1. The average molecular weight is 2120 g/mol. The number of aliphatic hydroxyl groups excluding tert-OH is 4. The fourth-order valence-electron chi connectivity index (χ4n) is 16.3. The molecule has 4 fully saturated rings. The molecule has 0 saturated carbocycles. The van der Waals surface area contributed by atoms with Crippen LogP contribution in [-0.2, 0) is 19.8 Å². The van der Waals surface area contributed by atoms with Crippen LogP contribution in [0.15, 0.2) is 147 Å². The van der Waals surface area contributed by atoms with E-state index in [1.54, 1.807) is 110 Å². The molecule has 0 spiro atoms. The normalized spacial score (nSPS) is 14.9. The molecule has 16 aromatic rings. The first-order valence-corrected chi connectivity index (χ1v) is 52.0. The number of nitrogens with zero attached hydrogens (tertiary/aromatic N) is 23. The second-order valence-corrected chi connectivity index (χ2v) is 39.5. The van der Waals surface area contributed by atoms with Crippen molar-refractivity contribution in [1.82, 2.24) is 121 Å². The van der Waals surface area contributed by atoms with E-state index in [0.29, 0.717) is 178 Å². The zero-order chi connectivity index (χ0) is 105. The maximum atomic E-state index is 14.7. The third kappa shape index (κ3) is 26.4. The van der Waals surface area contributed by atoms with Gasteiger partial charge in [-0.3, -0.25) is 31.2 Å². The van der Waals surface area contributed by atoms with Gasteiger partial charge in [-0.25, -0.2) is 113 Å². The van der Waals surface area contributed by atoms with Crippen molar-refractivity contribution in [3.8, 4) is 95.7 Å². The maximum absolute atomic E-state index is 14.7. The Hall–Kier alpha value is -15.0. The van der Waals surface area contributed by atoms with Crippen molar-refractivity contribution in [3.05, 3.63) is 176 Å². The number of morpholine rings is 1. The first-order chi connectivity index (χ1) is 72.6. The van der Waals surface area contributed by atoms with Crippen LogP contribution in [0.25, 0.3) is 131 Å². The lowest BCUT2D eigenvalue weighted by atomic mass is 10.0. The Kier molecular flexibility index (Phi) is 34.7. The summed E-state index contributed by atoms with van der Waals surface area (Å²) in [5, 5.41) is 73.0. The van der Waals surface area contributed by atoms with Gasteiger partial charge in [0.1, 0.15) is 47.9 Å². The van der Waals surface area contributed by atoms with E-state index in [2.05, 4.69) is 132 Å². The van der Waals surface area contributed by atoms with Crippen LogP contribution >= 0.6 is 45.3 Å². The molecule has 780 valence electrons. The number of benzene rings is 4. The number of carbonyl (C=O) groups excluding carboxylic acids is 4. The Morgan fingerprint density at radius 2 is 0.853 bits per heavy atom. The zero-order valence-corrected chi connectivity index (χ0v) is 87.0. The number of halogens is 1. The van der Waals surface area contributed by atoms with Gasteiger partial charge in [-0.1, -0.05) is 45.3 Å². The van der Waals surface area contributed by atoms with Gasteiger partial charge < -0.3 is 80.4 Å². The van der Waals surface area contributed by atoms with Gasteiger partial charge in [-0.2, -0.15) is 0 Å². The number of hydrogen-bond acceptors (Lipinski definition) is 40. The van der Waals surface area contributed by atoms with E-state index >= 15 is 0 Å². The predicted molar refractivity (Wildman–Crippen MR) is 573 cm³/mol. The Balaban J connectivity index is 0.000000136. The van der Waals surface area contributed by atoms with Crippen LogP contribution in [0.4, 0.5) is 61.5 Å². The monoisotopic (exact) mass is 2110 g/mol. The molecule has 150 heavy (non-hydrogen) atoms. The highest BCUT2D eigenvalue weighted by Gasteiger charge is 2.31. The standard InChI is InChI=1S/C28H35N9O3S.C26H28N6O4S.C24H25FN8O3S.C23H24N8O3S/c1-5-29-26(38)35-27-33-21-15-18(19-16-31-25(32-17-19)28(2,3)39)14-20(23(21)41-27)24-30-7-6-22(34-24)37-10-8-36(9-11-37)12-13-40-4;1-3-27-25(34)32-26-31-22-10-16(17-12-29-24(15(2)33)30-13-17)9-20(23(22)37-26)21-11-18(6-7-28-21)36-14-19-5-4-8-35-19;1-3-26-23(35)32-24-30-18-9-14(15-10-27-20(13(2)34)28-11-15)8-16(19(18)37-24)21-29-12-17(25)22(31-21)33-4-6-36-7-5-33;1-3-24-22(34)30-23-28-17-7-13(14-8-26-20(12(2)32)27-9-14)6-16(19(17)35-23)21-25-5-4-18(29-21)31-10-15(33)11-31/h6-7,14-17,39H,5,8-13H2,1-4H3,(H2,29,33,35,38);6-7,9-13,15,19,33H,3-5,8,14H2,1-2H3,(H2,27,31,32,34);8-13,34H,3-7H2,1-2H3,(H2,26,30,32,35);4-9,12,15,32-33H,3,10-11H2,1-2H3,(H2,24,28,30,34). The second-order valence-electron chi connectivity index (χ2n) is 35.5. The number of β-amino-alcohol motifs (C(OH)–C–C–N with tert-alkyl or cyclic N) is 1. The Morgan fingerprint density at radius 1 is 0.460 bits per heavy atom. The van der Waals surface area contributed by atoms with Crippen LogP contribution in [0, 0.1) is 5.82 Å². The lowest BCUT2D eigenvalue weighted by molar-refractivity contribution is 0.0679. The second kappa shape index (κ2) is 49.0. The number of rotatable bonds is 29. The summed E-state index contributed by atoms with van der Waals surface area (Å²) in [6.45, 7) is 27.1. The van der Waals surface area contributed by atoms with Gasteiger partial charge in [0.2, 0.25) is 0 Å². The summed E-state index contributed by atoms with van der Waals surface area (Å²) in [6.07, 6.45) is 19.1. The summed E-state index contributed by atoms with van der Waals surface area (Å²) in [6, 6.07) is 21.6. The van der Waals surface area contributed by atoms with Crippen molar-refractivity contribution in [2.24, 2.45) is 0 Å².